The Labute approximate surface area is 479 Å². The fourth-order valence-electron chi connectivity index (χ4n) is 0. The monoisotopic (exact) mass is 770 g/mol. The molecule has 174 valence electrons. The summed E-state index contributed by atoms with van der Waals surface area (Å²) in [6.45, 7) is 0. The van der Waals surface area contributed by atoms with E-state index in [9.17, 15) is 0 Å². The van der Waals surface area contributed by atoms with Crippen molar-refractivity contribution in [3.63, 3.8) is 0 Å². The zero-order chi connectivity index (χ0) is 22.5. The summed E-state index contributed by atoms with van der Waals surface area (Å²) in [7, 11) is -23.2. The number of hydrogen-bond donors (Lipinski definition) is 15. The minimum atomic E-state index is -4.64. The first-order valence-corrected chi connectivity index (χ1v) is 11.7. The van der Waals surface area contributed by atoms with Crippen LogP contribution < -0.4 is 0 Å². The molecule has 20 nitrogen and oxygen atoms in total. The molecule has 32 heteroatoms. The second-order valence-electron chi connectivity index (χ2n) is 2.57. The first-order chi connectivity index (χ1) is 10.0. The van der Waals surface area contributed by atoms with Gasteiger partial charge in [-0.05, 0) is 0 Å². The van der Waals surface area contributed by atoms with Crippen LogP contribution in [-0.2, 0) is 22.8 Å². The summed E-state index contributed by atoms with van der Waals surface area (Å²) in [5.41, 5.74) is 0. The molecule has 32 heavy (non-hydrogen) atoms. The van der Waals surface area contributed by atoms with Crippen molar-refractivity contribution in [1.29, 1.82) is 0 Å². The Morgan fingerprint density at radius 1 is 0.219 bits per heavy atom. The summed E-state index contributed by atoms with van der Waals surface area (Å²) in [4.78, 5) is 108. The Balaban J connectivity index is -0.0000000148. The van der Waals surface area contributed by atoms with Crippen molar-refractivity contribution >= 4 is 399 Å². The molecular formula is H22K7O20P5. The van der Waals surface area contributed by atoms with Gasteiger partial charge < -0.3 is 73.4 Å². The van der Waals surface area contributed by atoms with Crippen molar-refractivity contribution in [2.45, 2.75) is 0 Å². The summed E-state index contributed by atoms with van der Waals surface area (Å²) < 4.78 is 44.4. The fourth-order valence-corrected chi connectivity index (χ4v) is 0. The van der Waals surface area contributed by atoms with Crippen LogP contribution in [0.1, 0.15) is 0 Å². The van der Waals surface area contributed by atoms with Crippen LogP contribution >= 0.6 is 39.1 Å². The van der Waals surface area contributed by atoms with E-state index in [1.54, 1.807) is 0 Å². The van der Waals surface area contributed by atoms with Crippen molar-refractivity contribution < 1.29 is 96.2 Å². The SMILES string of the molecule is O=P(O)(O)O.O=P(O)(O)O.O=P(O)(O)O.O=P(O)(O)O.O=P(O)(O)O.[KH].[KH].[KH].[KH].[KH].[KH].[KH]. The van der Waals surface area contributed by atoms with Crippen molar-refractivity contribution in [2.24, 2.45) is 0 Å². The van der Waals surface area contributed by atoms with Gasteiger partial charge in [0.05, 0.1) is 0 Å². The van der Waals surface area contributed by atoms with Gasteiger partial charge in [-0.2, -0.15) is 0 Å². The second kappa shape index (κ2) is 43.0. The second-order valence-corrected chi connectivity index (χ2v) is 7.70. The van der Waals surface area contributed by atoms with Crippen molar-refractivity contribution in [3.8, 4) is 0 Å². The molecule has 0 aliphatic carbocycles. The maximum atomic E-state index is 8.88. The van der Waals surface area contributed by atoms with Gasteiger partial charge in [0.15, 0.2) is 0 Å². The topological polar surface area (TPSA) is 389 Å². The molecule has 0 atom stereocenters. The van der Waals surface area contributed by atoms with Gasteiger partial charge in [0.1, 0.15) is 0 Å². The van der Waals surface area contributed by atoms with E-state index >= 15 is 0 Å². The number of phosphoric acid groups is 5. The van der Waals surface area contributed by atoms with Gasteiger partial charge >= 0.3 is 399 Å². The molecule has 0 bridgehead atoms. The minimum absolute atomic E-state index is 0. The van der Waals surface area contributed by atoms with Crippen LogP contribution in [0.4, 0.5) is 0 Å². The third kappa shape index (κ3) is 490. The van der Waals surface area contributed by atoms with E-state index in [0.29, 0.717) is 0 Å². The van der Waals surface area contributed by atoms with E-state index in [1.165, 1.54) is 0 Å². The molecule has 0 heterocycles. The van der Waals surface area contributed by atoms with Gasteiger partial charge in [-0.3, -0.25) is 0 Å². The summed E-state index contributed by atoms with van der Waals surface area (Å²) in [6.07, 6.45) is 0. The van der Waals surface area contributed by atoms with E-state index in [2.05, 4.69) is 0 Å². The van der Waals surface area contributed by atoms with E-state index < -0.39 is 39.1 Å². The van der Waals surface area contributed by atoms with Crippen LogP contribution in [0.5, 0.6) is 0 Å². The van der Waals surface area contributed by atoms with Gasteiger partial charge in [0.2, 0.25) is 0 Å². The predicted molar refractivity (Wildman–Crippen MR) is 121 cm³/mol. The van der Waals surface area contributed by atoms with Crippen LogP contribution in [0, 0.1) is 0 Å². The average molecular weight is 771 g/mol. The summed E-state index contributed by atoms with van der Waals surface area (Å²) in [5, 5.41) is 0. The Morgan fingerprint density at radius 3 is 0.219 bits per heavy atom. The van der Waals surface area contributed by atoms with E-state index in [-0.39, 0.29) is 360 Å². The molecule has 0 fully saturated rings. The third-order valence-electron chi connectivity index (χ3n) is 0. The summed E-state index contributed by atoms with van der Waals surface area (Å²) in [5.74, 6) is 0. The molecular weight excluding hydrogens is 749 g/mol. The molecule has 0 aromatic heterocycles. The van der Waals surface area contributed by atoms with Crippen LogP contribution in [0.3, 0.4) is 0 Å². The Morgan fingerprint density at radius 2 is 0.219 bits per heavy atom. The first-order valence-electron chi connectivity index (χ1n) is 3.91. The molecule has 0 radical (unpaired) electrons. The van der Waals surface area contributed by atoms with E-state index in [1.807, 2.05) is 0 Å². The fraction of sp³-hybridized carbons (Fsp3) is 0. The summed E-state index contributed by atoms with van der Waals surface area (Å²) >= 11 is 0. The molecule has 0 aliphatic heterocycles. The van der Waals surface area contributed by atoms with Crippen LogP contribution in [0.2, 0.25) is 0 Å². The van der Waals surface area contributed by atoms with Gasteiger partial charge in [-0.15, -0.1) is 0 Å². The standard InChI is InChI=1S/7K.5H3O4P.7H/c;;;;;;;5*1-5(2,3)4;;;;;;;/h;;;;;;;5*(H3,1,2,3,4);;;;;;;. The van der Waals surface area contributed by atoms with Crippen LogP contribution in [0.15, 0.2) is 0 Å². The predicted octanol–water partition coefficient (Wildman–Crippen LogP) is -9.18. The average Bonchev–Trinajstić information content (AvgIpc) is 1.79. The van der Waals surface area contributed by atoms with E-state index in [0.717, 1.165) is 0 Å². The molecule has 0 amide bonds. The zero-order valence-electron chi connectivity index (χ0n) is 11.0. The van der Waals surface area contributed by atoms with Gasteiger partial charge in [0, 0.05) is 0 Å². The van der Waals surface area contributed by atoms with Gasteiger partial charge in [-0.1, -0.05) is 0 Å². The van der Waals surface area contributed by atoms with Crippen molar-refractivity contribution in [3.05, 3.63) is 0 Å². The third-order valence-corrected chi connectivity index (χ3v) is 0. The molecule has 0 aromatic rings. The van der Waals surface area contributed by atoms with Crippen molar-refractivity contribution in [2.75, 3.05) is 0 Å². The van der Waals surface area contributed by atoms with Crippen LogP contribution in [0.25, 0.3) is 0 Å². The molecule has 0 spiro atoms. The quantitative estimate of drug-likeness (QED) is 0.0803. The maximum absolute atomic E-state index is 8.88. The Bertz CT molecular complexity index is 389. The molecule has 0 unspecified atom stereocenters. The molecule has 0 aliphatic rings. The molecule has 0 aromatic carbocycles. The van der Waals surface area contributed by atoms with E-state index in [4.69, 9.17) is 96.2 Å². The summed E-state index contributed by atoms with van der Waals surface area (Å²) in [6, 6.07) is 0. The number of hydrogen-bond acceptors (Lipinski definition) is 5. The van der Waals surface area contributed by atoms with Gasteiger partial charge in [0.25, 0.3) is 0 Å². The molecule has 0 saturated carbocycles. The zero-order valence-corrected chi connectivity index (χ0v) is 15.5. The molecule has 0 saturated heterocycles. The Kier molecular flexibility index (Phi) is 107. The normalized spacial score (nSPS) is 9.22. The van der Waals surface area contributed by atoms with Crippen molar-refractivity contribution in [1.82, 2.24) is 0 Å². The number of rotatable bonds is 0. The molecule has 0 rings (SSSR count). The van der Waals surface area contributed by atoms with Gasteiger partial charge in [-0.25, -0.2) is 22.8 Å². The first kappa shape index (κ1) is 79.5. The van der Waals surface area contributed by atoms with Crippen LogP contribution in [-0.4, -0.2) is 433 Å². The Hall–Kier alpha value is 12.0. The molecule has 15 N–H and O–H groups in total.